The number of nitrogens with zero attached hydrogens (tertiary/aromatic N) is 1. The van der Waals surface area contributed by atoms with E-state index >= 15 is 0 Å². The summed E-state index contributed by atoms with van der Waals surface area (Å²) in [5.41, 5.74) is 0. The van der Waals surface area contributed by atoms with Crippen LogP contribution in [0.1, 0.15) is 37.1 Å². The van der Waals surface area contributed by atoms with E-state index in [-0.39, 0.29) is 11.9 Å². The number of likely N-dealkylation sites (tertiary alicyclic amines) is 1. The first kappa shape index (κ1) is 14.1. The predicted octanol–water partition coefficient (Wildman–Crippen LogP) is 2.07. The second-order valence-electron chi connectivity index (χ2n) is 4.99. The van der Waals surface area contributed by atoms with E-state index in [1.807, 2.05) is 19.9 Å². The third kappa shape index (κ3) is 3.81. The Morgan fingerprint density at radius 2 is 2.21 bits per heavy atom. The molecule has 5 heteroatoms. The fraction of sp³-hybridized carbons (Fsp3) is 0.643. The number of rotatable bonds is 6. The number of hydrogen-bond acceptors (Lipinski definition) is 5. The summed E-state index contributed by atoms with van der Waals surface area (Å²) in [6, 6.07) is 3.48. The fourth-order valence-electron chi connectivity index (χ4n) is 2.12. The molecule has 1 aromatic heterocycles. The van der Waals surface area contributed by atoms with E-state index in [1.54, 1.807) is 13.0 Å². The van der Waals surface area contributed by atoms with Crippen molar-refractivity contribution < 1.29 is 18.7 Å². The molecule has 0 aliphatic carbocycles. The lowest BCUT2D eigenvalue weighted by Crippen LogP contribution is -2.52. The Labute approximate surface area is 113 Å². The minimum Gasteiger partial charge on any atom is -0.460 e. The average Bonchev–Trinajstić information content (AvgIpc) is 2.74. The molecule has 19 heavy (non-hydrogen) atoms. The first-order chi connectivity index (χ1) is 9.08. The summed E-state index contributed by atoms with van der Waals surface area (Å²) in [6.07, 6.45) is 0.589. The van der Waals surface area contributed by atoms with Crippen molar-refractivity contribution in [1.82, 2.24) is 4.90 Å². The van der Waals surface area contributed by atoms with Gasteiger partial charge in [-0.05, 0) is 32.9 Å². The van der Waals surface area contributed by atoms with Crippen LogP contribution in [0.3, 0.4) is 0 Å². The Morgan fingerprint density at radius 3 is 2.84 bits per heavy atom. The zero-order valence-corrected chi connectivity index (χ0v) is 11.7. The molecule has 1 aliphatic heterocycles. The van der Waals surface area contributed by atoms with Crippen molar-refractivity contribution in [3.05, 3.63) is 23.7 Å². The second kappa shape index (κ2) is 6.21. The van der Waals surface area contributed by atoms with Gasteiger partial charge in [-0.15, -0.1) is 0 Å². The molecule has 0 aromatic carbocycles. The number of hydrogen-bond donors (Lipinski definition) is 0. The van der Waals surface area contributed by atoms with Crippen LogP contribution in [0.2, 0.25) is 0 Å². The first-order valence-corrected chi connectivity index (χ1v) is 6.72. The zero-order valence-electron chi connectivity index (χ0n) is 11.7. The normalized spacial score (nSPS) is 16.6. The highest BCUT2D eigenvalue weighted by Crippen LogP contribution is 2.18. The molecular formula is C14H21NO4. The molecule has 0 amide bonds. The van der Waals surface area contributed by atoms with Gasteiger partial charge in [0.05, 0.1) is 25.4 Å². The molecule has 2 heterocycles. The number of carbonyl (C=O) groups is 1. The average molecular weight is 267 g/mol. The molecule has 1 aliphatic rings. The predicted molar refractivity (Wildman–Crippen MR) is 70.0 cm³/mol. The van der Waals surface area contributed by atoms with Crippen LogP contribution in [-0.2, 0) is 16.0 Å². The molecule has 0 unspecified atom stereocenters. The molecule has 5 nitrogen and oxygen atoms in total. The highest BCUT2D eigenvalue weighted by Gasteiger charge is 2.28. The van der Waals surface area contributed by atoms with Gasteiger partial charge in [0.15, 0.2) is 0 Å². The zero-order chi connectivity index (χ0) is 13.8. The van der Waals surface area contributed by atoms with E-state index in [0.29, 0.717) is 19.3 Å². The van der Waals surface area contributed by atoms with Crippen LogP contribution in [0.25, 0.3) is 0 Å². The molecule has 0 saturated carbocycles. The summed E-state index contributed by atoms with van der Waals surface area (Å²) in [5.74, 6) is 0.650. The standard InChI is InChI=1S/C14H21NO4/c1-4-17-14(16)13-6-5-11(19-13)7-15-8-12(9-15)18-10(2)3/h5-6,10,12H,4,7-9H2,1-3H3. The van der Waals surface area contributed by atoms with Crippen molar-refractivity contribution in [2.45, 2.75) is 39.5 Å². The summed E-state index contributed by atoms with van der Waals surface area (Å²) < 4.78 is 16.0. The quantitative estimate of drug-likeness (QED) is 0.738. The Morgan fingerprint density at radius 1 is 1.47 bits per heavy atom. The molecule has 1 fully saturated rings. The van der Waals surface area contributed by atoms with E-state index in [9.17, 15) is 4.79 Å². The van der Waals surface area contributed by atoms with Gasteiger partial charge in [0.25, 0.3) is 0 Å². The van der Waals surface area contributed by atoms with E-state index in [2.05, 4.69) is 4.90 Å². The maximum absolute atomic E-state index is 11.5. The van der Waals surface area contributed by atoms with Crippen molar-refractivity contribution in [1.29, 1.82) is 0 Å². The number of esters is 1. The van der Waals surface area contributed by atoms with Crippen molar-refractivity contribution in [2.75, 3.05) is 19.7 Å². The van der Waals surface area contributed by atoms with E-state index in [4.69, 9.17) is 13.9 Å². The van der Waals surface area contributed by atoms with Gasteiger partial charge < -0.3 is 13.9 Å². The summed E-state index contributed by atoms with van der Waals surface area (Å²) >= 11 is 0. The van der Waals surface area contributed by atoms with Crippen molar-refractivity contribution >= 4 is 5.97 Å². The number of ether oxygens (including phenoxy) is 2. The Bertz CT molecular complexity index is 421. The lowest BCUT2D eigenvalue weighted by atomic mass is 10.1. The van der Waals surface area contributed by atoms with Gasteiger partial charge in [-0.1, -0.05) is 0 Å². The van der Waals surface area contributed by atoms with Crippen LogP contribution in [0.4, 0.5) is 0 Å². The molecule has 1 saturated heterocycles. The molecule has 2 rings (SSSR count). The van der Waals surface area contributed by atoms with Gasteiger partial charge >= 0.3 is 5.97 Å². The molecular weight excluding hydrogens is 246 g/mol. The smallest absolute Gasteiger partial charge is 0.374 e. The van der Waals surface area contributed by atoms with Crippen LogP contribution in [-0.4, -0.2) is 42.8 Å². The molecule has 106 valence electrons. The highest BCUT2D eigenvalue weighted by molar-refractivity contribution is 5.86. The van der Waals surface area contributed by atoms with Gasteiger partial charge in [0.2, 0.25) is 5.76 Å². The Hall–Kier alpha value is -1.33. The van der Waals surface area contributed by atoms with Crippen LogP contribution >= 0.6 is 0 Å². The van der Waals surface area contributed by atoms with Gasteiger partial charge in [-0.2, -0.15) is 0 Å². The van der Waals surface area contributed by atoms with Gasteiger partial charge in [-0.3, -0.25) is 4.90 Å². The van der Waals surface area contributed by atoms with E-state index in [0.717, 1.165) is 18.8 Å². The van der Waals surface area contributed by atoms with Crippen molar-refractivity contribution in [2.24, 2.45) is 0 Å². The number of furan rings is 1. The number of carbonyl (C=O) groups excluding carboxylic acids is 1. The monoisotopic (exact) mass is 267 g/mol. The lowest BCUT2D eigenvalue weighted by Gasteiger charge is -2.39. The Kier molecular flexibility index (Phi) is 4.61. The largest absolute Gasteiger partial charge is 0.460 e. The van der Waals surface area contributed by atoms with Crippen LogP contribution in [0.15, 0.2) is 16.5 Å². The molecule has 0 radical (unpaired) electrons. The van der Waals surface area contributed by atoms with E-state index in [1.165, 1.54) is 0 Å². The minimum atomic E-state index is -0.404. The summed E-state index contributed by atoms with van der Waals surface area (Å²) in [4.78, 5) is 13.7. The fourth-order valence-corrected chi connectivity index (χ4v) is 2.12. The minimum absolute atomic E-state index is 0.270. The molecule has 0 N–H and O–H groups in total. The van der Waals surface area contributed by atoms with Crippen molar-refractivity contribution in [3.63, 3.8) is 0 Å². The molecule has 0 spiro atoms. The van der Waals surface area contributed by atoms with Crippen molar-refractivity contribution in [3.8, 4) is 0 Å². The third-order valence-electron chi connectivity index (χ3n) is 2.91. The van der Waals surface area contributed by atoms with Crippen LogP contribution in [0, 0.1) is 0 Å². The van der Waals surface area contributed by atoms with Gasteiger partial charge in [-0.25, -0.2) is 4.79 Å². The molecule has 1 aromatic rings. The topological polar surface area (TPSA) is 51.9 Å². The lowest BCUT2D eigenvalue weighted by molar-refractivity contribution is -0.0849. The third-order valence-corrected chi connectivity index (χ3v) is 2.91. The maximum atomic E-state index is 11.5. The second-order valence-corrected chi connectivity index (χ2v) is 4.99. The Balaban J connectivity index is 1.77. The first-order valence-electron chi connectivity index (χ1n) is 6.72. The van der Waals surface area contributed by atoms with Gasteiger partial charge in [0, 0.05) is 13.1 Å². The molecule has 0 atom stereocenters. The SMILES string of the molecule is CCOC(=O)c1ccc(CN2CC(OC(C)C)C2)o1. The van der Waals surface area contributed by atoms with Crippen LogP contribution < -0.4 is 0 Å². The van der Waals surface area contributed by atoms with E-state index < -0.39 is 5.97 Å². The summed E-state index contributed by atoms with van der Waals surface area (Å²) in [7, 11) is 0. The van der Waals surface area contributed by atoms with Gasteiger partial charge in [0.1, 0.15) is 5.76 Å². The van der Waals surface area contributed by atoms with Crippen LogP contribution in [0.5, 0.6) is 0 Å². The molecule has 0 bridgehead atoms. The summed E-state index contributed by atoms with van der Waals surface area (Å²) in [5, 5.41) is 0. The maximum Gasteiger partial charge on any atom is 0.374 e. The highest BCUT2D eigenvalue weighted by atomic mass is 16.5. The summed E-state index contributed by atoms with van der Waals surface area (Å²) in [6.45, 7) is 8.74.